The Kier molecular flexibility index (Phi) is 4.37. The molecule has 3 rings (SSSR count). The van der Waals surface area contributed by atoms with Gasteiger partial charge in [0.15, 0.2) is 5.75 Å². The number of carbonyl (C=O) groups excluding carboxylic acids is 1. The van der Waals surface area contributed by atoms with Crippen molar-refractivity contribution in [3.8, 4) is 5.75 Å². The number of aromatic nitrogens is 1. The number of rotatable bonds is 3. The first-order chi connectivity index (χ1) is 11.1. The van der Waals surface area contributed by atoms with Crippen molar-refractivity contribution < 1.29 is 9.90 Å². The number of phenolic OH excluding ortho intramolecular Hbond substituents is 1. The van der Waals surface area contributed by atoms with Gasteiger partial charge in [-0.1, -0.05) is 35.3 Å². The Morgan fingerprint density at radius 1 is 1.17 bits per heavy atom. The fourth-order valence-electron chi connectivity index (χ4n) is 2.24. The number of phenols is 1. The summed E-state index contributed by atoms with van der Waals surface area (Å²) in [6.45, 7) is 0.313. The smallest absolute Gasteiger partial charge is 0.255 e. The van der Waals surface area contributed by atoms with E-state index in [0.29, 0.717) is 27.5 Å². The molecule has 0 aliphatic carbocycles. The minimum atomic E-state index is -0.424. The Bertz CT molecular complexity index is 880. The Morgan fingerprint density at radius 3 is 2.65 bits per heavy atom. The maximum Gasteiger partial charge on any atom is 0.255 e. The highest BCUT2D eigenvalue weighted by Gasteiger charge is 2.17. The molecule has 0 unspecified atom stereocenters. The fourth-order valence-corrected chi connectivity index (χ4v) is 2.63. The van der Waals surface area contributed by atoms with Crippen LogP contribution in [0.25, 0.3) is 10.9 Å². The number of hydrogen-bond donors (Lipinski definition) is 2. The van der Waals surface area contributed by atoms with Gasteiger partial charge < -0.3 is 10.4 Å². The molecule has 4 nitrogen and oxygen atoms in total. The van der Waals surface area contributed by atoms with Crippen LogP contribution in [-0.4, -0.2) is 16.0 Å². The van der Waals surface area contributed by atoms with Crippen molar-refractivity contribution in [3.63, 3.8) is 0 Å². The lowest BCUT2D eigenvalue weighted by Crippen LogP contribution is -2.23. The number of benzene rings is 2. The van der Waals surface area contributed by atoms with Crippen LogP contribution in [0.4, 0.5) is 0 Å². The van der Waals surface area contributed by atoms with Crippen molar-refractivity contribution in [1.29, 1.82) is 0 Å². The van der Waals surface area contributed by atoms with E-state index in [1.807, 2.05) is 12.1 Å². The van der Waals surface area contributed by atoms with Gasteiger partial charge in [-0.2, -0.15) is 0 Å². The molecule has 0 radical (unpaired) electrons. The highest BCUT2D eigenvalue weighted by atomic mass is 35.5. The zero-order valence-corrected chi connectivity index (χ0v) is 13.4. The first kappa shape index (κ1) is 15.6. The van der Waals surface area contributed by atoms with E-state index in [9.17, 15) is 9.90 Å². The number of nitrogens with zero attached hydrogens (tertiary/aromatic N) is 1. The van der Waals surface area contributed by atoms with E-state index in [0.717, 1.165) is 5.56 Å². The van der Waals surface area contributed by atoms with Gasteiger partial charge >= 0.3 is 0 Å². The number of carbonyl (C=O) groups is 1. The average molecular weight is 347 g/mol. The predicted octanol–water partition coefficient (Wildman–Crippen LogP) is 4.18. The molecule has 1 aromatic heterocycles. The van der Waals surface area contributed by atoms with Crippen molar-refractivity contribution in [2.24, 2.45) is 0 Å². The molecule has 0 spiro atoms. The van der Waals surface area contributed by atoms with Gasteiger partial charge in [-0.25, -0.2) is 0 Å². The van der Waals surface area contributed by atoms with Gasteiger partial charge in [0, 0.05) is 23.2 Å². The monoisotopic (exact) mass is 346 g/mol. The summed E-state index contributed by atoms with van der Waals surface area (Å²) in [5, 5.41) is 14.6. The van der Waals surface area contributed by atoms with Crippen molar-refractivity contribution in [3.05, 3.63) is 69.8 Å². The molecule has 0 atom stereocenters. The van der Waals surface area contributed by atoms with Crippen molar-refractivity contribution >= 4 is 40.0 Å². The van der Waals surface area contributed by atoms with Gasteiger partial charge in [0.05, 0.1) is 10.6 Å². The standard InChI is InChI=1S/C17H12Cl2N2O2/c18-11-5-3-10(4-6-11)9-21-17(23)13-8-14(19)12-2-1-7-20-15(12)16(13)22/h1-8,22H,9H2,(H,21,23). The summed E-state index contributed by atoms with van der Waals surface area (Å²) in [5.41, 5.74) is 1.29. The maximum atomic E-state index is 12.3. The summed E-state index contributed by atoms with van der Waals surface area (Å²) < 4.78 is 0. The number of pyridine rings is 1. The third-order valence-corrected chi connectivity index (χ3v) is 3.99. The molecule has 0 saturated heterocycles. The molecule has 116 valence electrons. The molecule has 1 amide bonds. The molecule has 0 fully saturated rings. The quantitative estimate of drug-likeness (QED) is 0.747. The number of nitrogens with one attached hydrogen (secondary N) is 1. The Hall–Kier alpha value is -2.30. The molecule has 2 aromatic carbocycles. The van der Waals surface area contributed by atoms with Gasteiger partial charge in [-0.05, 0) is 35.9 Å². The van der Waals surface area contributed by atoms with E-state index < -0.39 is 5.91 Å². The molecular formula is C17H12Cl2N2O2. The summed E-state index contributed by atoms with van der Waals surface area (Å²) in [6.07, 6.45) is 1.54. The zero-order valence-electron chi connectivity index (χ0n) is 11.9. The molecule has 2 N–H and O–H groups in total. The van der Waals surface area contributed by atoms with Crippen LogP contribution in [0.1, 0.15) is 15.9 Å². The Labute approximate surface area is 142 Å². The van der Waals surface area contributed by atoms with E-state index in [1.165, 1.54) is 12.3 Å². The van der Waals surface area contributed by atoms with Gasteiger partial charge in [0.25, 0.3) is 5.91 Å². The van der Waals surface area contributed by atoms with Crippen LogP contribution >= 0.6 is 23.2 Å². The van der Waals surface area contributed by atoms with E-state index in [1.54, 1.807) is 24.3 Å². The highest BCUT2D eigenvalue weighted by Crippen LogP contribution is 2.32. The Morgan fingerprint density at radius 2 is 1.91 bits per heavy atom. The first-order valence-corrected chi connectivity index (χ1v) is 7.60. The first-order valence-electron chi connectivity index (χ1n) is 6.85. The van der Waals surface area contributed by atoms with Crippen molar-refractivity contribution in [2.75, 3.05) is 0 Å². The van der Waals surface area contributed by atoms with E-state index >= 15 is 0 Å². The molecule has 3 aromatic rings. The summed E-state index contributed by atoms with van der Waals surface area (Å²) in [4.78, 5) is 16.4. The molecule has 1 heterocycles. The van der Waals surface area contributed by atoms with Gasteiger partial charge in [0.1, 0.15) is 5.52 Å². The van der Waals surface area contributed by atoms with Gasteiger partial charge in [-0.3, -0.25) is 9.78 Å². The maximum absolute atomic E-state index is 12.3. The molecule has 0 aliphatic heterocycles. The molecule has 23 heavy (non-hydrogen) atoms. The number of hydrogen-bond acceptors (Lipinski definition) is 3. The summed E-state index contributed by atoms with van der Waals surface area (Å²) in [6, 6.07) is 12.0. The van der Waals surface area contributed by atoms with Gasteiger partial charge in [-0.15, -0.1) is 0 Å². The number of halogens is 2. The second kappa shape index (κ2) is 6.44. The van der Waals surface area contributed by atoms with Crippen LogP contribution < -0.4 is 5.32 Å². The largest absolute Gasteiger partial charge is 0.505 e. The van der Waals surface area contributed by atoms with Crippen LogP contribution in [0.2, 0.25) is 10.0 Å². The van der Waals surface area contributed by atoms with E-state index in [4.69, 9.17) is 23.2 Å². The van der Waals surface area contributed by atoms with Crippen LogP contribution in [0.5, 0.6) is 5.75 Å². The third kappa shape index (κ3) is 3.23. The van der Waals surface area contributed by atoms with Gasteiger partial charge in [0.2, 0.25) is 0 Å². The van der Waals surface area contributed by atoms with E-state index in [2.05, 4.69) is 10.3 Å². The molecule has 0 aliphatic rings. The summed E-state index contributed by atoms with van der Waals surface area (Å²) in [7, 11) is 0. The predicted molar refractivity (Wildman–Crippen MR) is 91.0 cm³/mol. The fraction of sp³-hybridized carbons (Fsp3) is 0.0588. The SMILES string of the molecule is O=C(NCc1ccc(Cl)cc1)c1cc(Cl)c2cccnc2c1O. The lowest BCUT2D eigenvalue weighted by Gasteiger charge is -2.10. The van der Waals surface area contributed by atoms with Crippen LogP contribution in [0.3, 0.4) is 0 Å². The molecule has 0 bridgehead atoms. The van der Waals surface area contributed by atoms with Crippen molar-refractivity contribution in [2.45, 2.75) is 6.54 Å². The highest BCUT2D eigenvalue weighted by molar-refractivity contribution is 6.36. The number of fused-ring (bicyclic) bond motifs is 1. The normalized spacial score (nSPS) is 10.7. The second-order valence-corrected chi connectivity index (χ2v) is 5.81. The Balaban J connectivity index is 1.86. The van der Waals surface area contributed by atoms with Crippen LogP contribution in [-0.2, 0) is 6.54 Å². The molecule has 0 saturated carbocycles. The number of aromatic hydroxyl groups is 1. The number of amides is 1. The molecule has 6 heteroatoms. The second-order valence-electron chi connectivity index (χ2n) is 4.96. The minimum Gasteiger partial charge on any atom is -0.505 e. The van der Waals surface area contributed by atoms with Crippen molar-refractivity contribution in [1.82, 2.24) is 10.3 Å². The summed E-state index contributed by atoms with van der Waals surface area (Å²) in [5.74, 6) is -0.606. The zero-order chi connectivity index (χ0) is 16.4. The lowest BCUT2D eigenvalue weighted by atomic mass is 10.1. The lowest BCUT2D eigenvalue weighted by molar-refractivity contribution is 0.0948. The summed E-state index contributed by atoms with van der Waals surface area (Å²) >= 11 is 12.0. The topological polar surface area (TPSA) is 62.2 Å². The average Bonchev–Trinajstić information content (AvgIpc) is 2.57. The van der Waals surface area contributed by atoms with Crippen LogP contribution in [0.15, 0.2) is 48.7 Å². The third-order valence-electron chi connectivity index (χ3n) is 3.43. The minimum absolute atomic E-state index is 0.0927. The van der Waals surface area contributed by atoms with Crippen LogP contribution in [0, 0.1) is 0 Å². The molecular weight excluding hydrogens is 335 g/mol. The van der Waals surface area contributed by atoms with E-state index in [-0.39, 0.29) is 11.3 Å².